The van der Waals surface area contributed by atoms with Crippen LogP contribution < -0.4 is 14.8 Å². The molecule has 6 atom stereocenters. The molecule has 1 heterocycles. The molecule has 13 nitrogen and oxygen atoms in total. The van der Waals surface area contributed by atoms with Crippen molar-refractivity contribution in [2.75, 3.05) is 59.3 Å². The molecule has 404 valence electrons. The van der Waals surface area contributed by atoms with Gasteiger partial charge in [-0.25, -0.2) is 4.79 Å². The van der Waals surface area contributed by atoms with Crippen molar-refractivity contribution in [2.45, 2.75) is 212 Å². The summed E-state index contributed by atoms with van der Waals surface area (Å²) in [6.45, 7) is 12.2. The van der Waals surface area contributed by atoms with E-state index in [1.807, 2.05) is 24.0 Å². The van der Waals surface area contributed by atoms with Crippen molar-refractivity contribution >= 4 is 17.7 Å². The van der Waals surface area contributed by atoms with Gasteiger partial charge in [0.25, 0.3) is 0 Å². The zero-order valence-electron chi connectivity index (χ0n) is 44.5. The lowest BCUT2D eigenvalue weighted by Gasteiger charge is -2.60. The summed E-state index contributed by atoms with van der Waals surface area (Å²) in [5.74, 6) is -1.09. The van der Waals surface area contributed by atoms with E-state index in [1.54, 1.807) is 12.1 Å². The van der Waals surface area contributed by atoms with Crippen LogP contribution in [0, 0.1) is 17.8 Å². The minimum absolute atomic E-state index is 0.0222. The topological polar surface area (TPSA) is 169 Å². The van der Waals surface area contributed by atoms with E-state index in [-0.39, 0.29) is 69.8 Å². The van der Waals surface area contributed by atoms with Crippen LogP contribution in [0.2, 0.25) is 0 Å². The molecule has 13 heteroatoms. The van der Waals surface area contributed by atoms with Gasteiger partial charge in [-0.1, -0.05) is 153 Å². The molecule has 0 aromatic heterocycles. The summed E-state index contributed by atoms with van der Waals surface area (Å²) in [4.78, 5) is 36.1. The molecule has 1 saturated carbocycles. The molecule has 0 saturated heterocycles. The lowest BCUT2D eigenvalue weighted by Crippen LogP contribution is -2.70. The van der Waals surface area contributed by atoms with E-state index in [0.29, 0.717) is 50.3 Å². The lowest BCUT2D eigenvalue weighted by molar-refractivity contribution is -0.258. The first kappa shape index (κ1) is 60.1. The third-order valence-corrected chi connectivity index (χ3v) is 14.9. The largest absolute Gasteiger partial charge is 0.459 e. The number of rotatable bonds is 41. The number of benzene rings is 1. The Morgan fingerprint density at radius 3 is 2.06 bits per heavy atom. The number of carbonyl (C=O) groups is 2. The van der Waals surface area contributed by atoms with Crippen molar-refractivity contribution in [1.29, 1.82) is 0 Å². The van der Waals surface area contributed by atoms with Crippen LogP contribution in [-0.4, -0.2) is 109 Å². The van der Waals surface area contributed by atoms with Crippen molar-refractivity contribution < 1.29 is 48.7 Å². The number of hydrogen-bond acceptors (Lipinski definition) is 11. The summed E-state index contributed by atoms with van der Waals surface area (Å²) < 4.78 is 26.4. The minimum atomic E-state index is -1.41. The smallest absolute Gasteiger partial charge is 0.412 e. The number of ether oxygens (including phenoxy) is 4. The number of aliphatic hydroxyl groups excluding tert-OH is 3. The molecule has 4 rings (SSSR count). The van der Waals surface area contributed by atoms with Gasteiger partial charge in [0.1, 0.15) is 24.1 Å². The van der Waals surface area contributed by atoms with Crippen molar-refractivity contribution in [3.63, 3.8) is 0 Å². The normalized spacial score (nSPS) is 21.7. The molecular formula is C58H97N3O10. The molecule has 0 bridgehead atoms. The quantitative estimate of drug-likeness (QED) is 0.0281. The number of allylic oxidation sites excluding steroid dienone is 1. The highest BCUT2D eigenvalue weighted by molar-refractivity contribution is 6.03. The zero-order valence-corrected chi connectivity index (χ0v) is 44.5. The maximum Gasteiger partial charge on any atom is 0.412 e. The van der Waals surface area contributed by atoms with E-state index in [4.69, 9.17) is 28.9 Å². The molecule has 1 aliphatic heterocycles. The summed E-state index contributed by atoms with van der Waals surface area (Å²) in [5, 5.41) is 37.4. The predicted octanol–water partition coefficient (Wildman–Crippen LogP) is 12.1. The van der Waals surface area contributed by atoms with Gasteiger partial charge in [0, 0.05) is 50.6 Å². The summed E-state index contributed by atoms with van der Waals surface area (Å²) >= 11 is 0. The van der Waals surface area contributed by atoms with Gasteiger partial charge in [-0.15, -0.1) is 6.58 Å². The maximum absolute atomic E-state index is 14.9. The van der Waals surface area contributed by atoms with E-state index in [9.17, 15) is 24.9 Å². The average Bonchev–Trinajstić information content (AvgIpc) is 3.37. The predicted molar refractivity (Wildman–Crippen MR) is 284 cm³/mol. The standard InChI is InChI=1S/C58H97N3O10/c1-5-9-11-13-15-17-19-21-23-27-35-59-57(66)70-47-33-34-52-50(44-47)55-48(31-26-29-38-63)46(30-25-28-37-62)43-49-51(60-69-8-4)45-53(58(71-52,56(49)55)68-40-7-3)61(36-41-67-42-39-64)54(65)32-24-22-20-18-16-14-12-10-6-2/h7,33-34,43-44,46,48,53,55-56,62-64H,3,5-6,8-32,35-42,45H2,1-2,4H3,(H,59,66). The summed E-state index contributed by atoms with van der Waals surface area (Å²) in [7, 11) is 0. The molecule has 2 amide bonds. The fourth-order valence-corrected chi connectivity index (χ4v) is 11.3. The van der Waals surface area contributed by atoms with Crippen LogP contribution in [0.4, 0.5) is 4.79 Å². The van der Waals surface area contributed by atoms with Crippen LogP contribution in [0.1, 0.15) is 206 Å². The third-order valence-electron chi connectivity index (χ3n) is 14.9. The van der Waals surface area contributed by atoms with Crippen LogP contribution in [0.5, 0.6) is 11.5 Å². The molecule has 4 N–H and O–H groups in total. The van der Waals surface area contributed by atoms with E-state index >= 15 is 0 Å². The van der Waals surface area contributed by atoms with Crippen LogP contribution in [0.3, 0.4) is 0 Å². The Bertz CT molecular complexity index is 1710. The number of oxime groups is 1. The molecule has 1 fully saturated rings. The molecular weight excluding hydrogens is 899 g/mol. The second-order valence-corrected chi connectivity index (χ2v) is 20.2. The van der Waals surface area contributed by atoms with Crippen molar-refractivity contribution in [2.24, 2.45) is 22.9 Å². The van der Waals surface area contributed by atoms with Crippen molar-refractivity contribution in [3.05, 3.63) is 48.1 Å². The van der Waals surface area contributed by atoms with E-state index in [1.165, 1.54) is 77.0 Å². The lowest BCUT2D eigenvalue weighted by atomic mass is 9.55. The molecule has 1 aromatic rings. The maximum atomic E-state index is 14.9. The number of hydrogen-bond donors (Lipinski definition) is 4. The number of nitrogens with one attached hydrogen (secondary N) is 1. The van der Waals surface area contributed by atoms with Crippen LogP contribution >= 0.6 is 0 Å². The van der Waals surface area contributed by atoms with Gasteiger partial charge in [-0.3, -0.25) is 4.79 Å². The van der Waals surface area contributed by atoms with Gasteiger partial charge in [-0.2, -0.15) is 0 Å². The fraction of sp³-hybridized carbons (Fsp3) is 0.776. The number of fused-ring (bicyclic) bond motifs is 2. The van der Waals surface area contributed by atoms with Gasteiger partial charge in [0.2, 0.25) is 11.7 Å². The highest BCUT2D eigenvalue weighted by atomic mass is 16.7. The Kier molecular flexibility index (Phi) is 30.1. The summed E-state index contributed by atoms with van der Waals surface area (Å²) in [6, 6.07) is 4.93. The van der Waals surface area contributed by atoms with Crippen LogP contribution in [0.15, 0.2) is 47.7 Å². The molecule has 1 aromatic carbocycles. The zero-order chi connectivity index (χ0) is 50.9. The monoisotopic (exact) mass is 996 g/mol. The Balaban J connectivity index is 1.74. The molecule has 71 heavy (non-hydrogen) atoms. The van der Waals surface area contributed by atoms with Crippen LogP contribution in [0.25, 0.3) is 0 Å². The molecule has 0 spiro atoms. The Morgan fingerprint density at radius 2 is 1.44 bits per heavy atom. The van der Waals surface area contributed by atoms with Gasteiger partial charge in [-0.05, 0) is 81.1 Å². The Hall–Kier alpha value is -3.49. The number of unbranched alkanes of at least 4 members (excludes halogenated alkanes) is 19. The van der Waals surface area contributed by atoms with Crippen molar-refractivity contribution in [1.82, 2.24) is 10.2 Å². The first-order valence-corrected chi connectivity index (χ1v) is 28.5. The molecule has 2 aliphatic carbocycles. The number of aliphatic hydroxyl groups is 3. The third kappa shape index (κ3) is 19.4. The number of nitrogens with zero attached hydrogens (tertiary/aromatic N) is 2. The summed E-state index contributed by atoms with van der Waals surface area (Å²) in [6.07, 6.45) is 31.1. The average molecular weight is 996 g/mol. The van der Waals surface area contributed by atoms with Gasteiger partial charge < -0.3 is 49.3 Å². The minimum Gasteiger partial charge on any atom is -0.459 e. The highest BCUT2D eigenvalue weighted by Crippen LogP contribution is 2.62. The van der Waals surface area contributed by atoms with Gasteiger partial charge >= 0.3 is 6.09 Å². The first-order valence-electron chi connectivity index (χ1n) is 28.5. The van der Waals surface area contributed by atoms with Gasteiger partial charge in [0.15, 0.2) is 0 Å². The van der Waals surface area contributed by atoms with Crippen LogP contribution in [-0.2, 0) is 19.1 Å². The Labute approximate surface area is 428 Å². The second-order valence-electron chi connectivity index (χ2n) is 20.2. The number of carbonyl (C=O) groups excluding carboxylic acids is 2. The molecule has 3 aliphatic rings. The second kappa shape index (κ2) is 35.6. The van der Waals surface area contributed by atoms with Crippen molar-refractivity contribution in [3.8, 4) is 11.5 Å². The summed E-state index contributed by atoms with van der Waals surface area (Å²) in [5.41, 5.74) is 2.56. The Morgan fingerprint density at radius 1 is 0.803 bits per heavy atom. The van der Waals surface area contributed by atoms with E-state index in [2.05, 4.69) is 31.8 Å². The number of amides is 2. The van der Waals surface area contributed by atoms with E-state index in [0.717, 1.165) is 87.5 Å². The SMILES string of the molecule is C=CCOC12Oc3ccc(OC(=O)NCCCCCCCCCCCC)cc3C3C(CCCCO)C(CCCCO)C=C(C(=NOCC)CC1N(CCOCCO)C(=O)CCCCCCCCCCC)C32. The first-order chi connectivity index (χ1) is 34.8. The molecule has 6 unspecified atom stereocenters. The highest BCUT2D eigenvalue weighted by Gasteiger charge is 2.65. The van der Waals surface area contributed by atoms with E-state index < -0.39 is 23.8 Å². The van der Waals surface area contributed by atoms with Gasteiger partial charge in [0.05, 0.1) is 38.1 Å². The fourth-order valence-electron chi connectivity index (χ4n) is 11.3. The molecule has 0 radical (unpaired) electrons.